The highest BCUT2D eigenvalue weighted by Gasteiger charge is 2.31. The standard InChI is InChI=1S/C22H22Cl2N4O3S/c1-15-11-21(19(24)12-18(15)23)32(29,30)28-9-7-27(8-10-28)22-13-20(25-14-26-22)16-3-5-17(31-2)6-4-16/h3-6,11-14H,7-10H2,1-2H3. The number of aryl methyl sites for hydroxylation is 1. The molecule has 1 aromatic heterocycles. The Hall–Kier alpha value is -2.39. The van der Waals surface area contributed by atoms with Gasteiger partial charge in [0, 0.05) is 42.8 Å². The van der Waals surface area contributed by atoms with Crippen LogP contribution in [0.1, 0.15) is 5.56 Å². The molecule has 7 nitrogen and oxygen atoms in total. The lowest BCUT2D eigenvalue weighted by atomic mass is 10.1. The van der Waals surface area contributed by atoms with Crippen molar-refractivity contribution in [2.75, 3.05) is 38.2 Å². The molecule has 0 amide bonds. The van der Waals surface area contributed by atoms with Gasteiger partial charge in [-0.3, -0.25) is 0 Å². The first-order valence-electron chi connectivity index (χ1n) is 9.97. The van der Waals surface area contributed by atoms with Crippen LogP contribution >= 0.6 is 23.2 Å². The van der Waals surface area contributed by atoms with Crippen LogP contribution in [-0.2, 0) is 10.0 Å². The Balaban J connectivity index is 1.50. The van der Waals surface area contributed by atoms with E-state index in [0.29, 0.717) is 36.8 Å². The molecule has 0 radical (unpaired) electrons. The number of halogens is 2. The first-order chi connectivity index (χ1) is 15.3. The van der Waals surface area contributed by atoms with Crippen molar-refractivity contribution in [1.29, 1.82) is 0 Å². The number of aromatic nitrogens is 2. The summed E-state index contributed by atoms with van der Waals surface area (Å²) in [6, 6.07) is 12.5. The minimum absolute atomic E-state index is 0.0818. The number of hydrogen-bond donors (Lipinski definition) is 0. The summed E-state index contributed by atoms with van der Waals surface area (Å²) in [5, 5.41) is 0.568. The third-order valence-corrected chi connectivity index (χ3v) is 8.20. The zero-order valence-electron chi connectivity index (χ0n) is 17.6. The van der Waals surface area contributed by atoms with E-state index in [1.807, 2.05) is 30.3 Å². The van der Waals surface area contributed by atoms with Crippen LogP contribution in [0.5, 0.6) is 5.75 Å². The normalized spacial score (nSPS) is 15.1. The van der Waals surface area contributed by atoms with E-state index < -0.39 is 10.0 Å². The predicted octanol–water partition coefficient (Wildman–Crippen LogP) is 4.28. The average Bonchev–Trinajstić information content (AvgIpc) is 2.81. The fourth-order valence-electron chi connectivity index (χ4n) is 3.56. The molecule has 1 fully saturated rings. The number of benzene rings is 2. The third kappa shape index (κ3) is 4.54. The molecule has 0 bridgehead atoms. The van der Waals surface area contributed by atoms with Crippen LogP contribution < -0.4 is 9.64 Å². The number of ether oxygens (including phenoxy) is 1. The molecule has 4 rings (SSSR count). The van der Waals surface area contributed by atoms with Crippen LogP contribution in [0.2, 0.25) is 10.0 Å². The summed E-state index contributed by atoms with van der Waals surface area (Å²) < 4.78 is 33.0. The molecular weight excluding hydrogens is 471 g/mol. The van der Waals surface area contributed by atoms with Crippen LogP contribution in [0.25, 0.3) is 11.3 Å². The van der Waals surface area contributed by atoms with E-state index in [-0.39, 0.29) is 9.92 Å². The first-order valence-corrected chi connectivity index (χ1v) is 12.2. The lowest BCUT2D eigenvalue weighted by molar-refractivity contribution is 0.384. The van der Waals surface area contributed by atoms with Crippen molar-refractivity contribution < 1.29 is 13.2 Å². The molecule has 3 aromatic rings. The molecule has 1 aliphatic rings. The minimum atomic E-state index is -3.72. The van der Waals surface area contributed by atoms with Crippen molar-refractivity contribution >= 4 is 39.0 Å². The average molecular weight is 493 g/mol. The highest BCUT2D eigenvalue weighted by Crippen LogP contribution is 2.31. The van der Waals surface area contributed by atoms with E-state index in [1.165, 1.54) is 22.8 Å². The number of nitrogens with zero attached hydrogens (tertiary/aromatic N) is 4. The molecule has 168 valence electrons. The molecule has 0 saturated carbocycles. The van der Waals surface area contributed by atoms with Gasteiger partial charge in [0.1, 0.15) is 22.8 Å². The van der Waals surface area contributed by atoms with E-state index in [4.69, 9.17) is 27.9 Å². The van der Waals surface area contributed by atoms with E-state index in [1.54, 1.807) is 14.0 Å². The number of sulfonamides is 1. The number of methoxy groups -OCH3 is 1. The van der Waals surface area contributed by atoms with Gasteiger partial charge in [0.15, 0.2) is 0 Å². The van der Waals surface area contributed by atoms with Crippen LogP contribution in [0, 0.1) is 6.92 Å². The van der Waals surface area contributed by atoms with Gasteiger partial charge in [0.25, 0.3) is 0 Å². The van der Waals surface area contributed by atoms with Gasteiger partial charge in [-0.2, -0.15) is 4.31 Å². The highest BCUT2D eigenvalue weighted by molar-refractivity contribution is 7.89. The Morgan fingerprint density at radius 3 is 2.28 bits per heavy atom. The van der Waals surface area contributed by atoms with Gasteiger partial charge in [0.05, 0.1) is 17.8 Å². The SMILES string of the molecule is COc1ccc(-c2cc(N3CCN(S(=O)(=O)c4cc(C)c(Cl)cc4Cl)CC3)ncn2)cc1. The lowest BCUT2D eigenvalue weighted by Gasteiger charge is -2.34. The topological polar surface area (TPSA) is 75.6 Å². The maximum absolute atomic E-state index is 13.2. The fourth-order valence-corrected chi connectivity index (χ4v) is 5.79. The molecule has 0 unspecified atom stereocenters. The Labute approximate surface area is 197 Å². The van der Waals surface area contributed by atoms with Crippen molar-refractivity contribution in [1.82, 2.24) is 14.3 Å². The van der Waals surface area contributed by atoms with Gasteiger partial charge in [-0.1, -0.05) is 23.2 Å². The Kier molecular flexibility index (Phi) is 6.57. The van der Waals surface area contributed by atoms with Gasteiger partial charge in [-0.15, -0.1) is 0 Å². The molecule has 1 aliphatic heterocycles. The second-order valence-corrected chi connectivity index (χ2v) is 10.1. The molecular formula is C22H22Cl2N4O3S. The van der Waals surface area contributed by atoms with Crippen molar-refractivity contribution in [3.63, 3.8) is 0 Å². The largest absolute Gasteiger partial charge is 0.497 e. The Morgan fingerprint density at radius 2 is 1.62 bits per heavy atom. The number of anilines is 1. The summed E-state index contributed by atoms with van der Waals surface area (Å²) in [6.45, 7) is 3.40. The summed E-state index contributed by atoms with van der Waals surface area (Å²) in [7, 11) is -2.10. The summed E-state index contributed by atoms with van der Waals surface area (Å²) >= 11 is 12.3. The molecule has 0 spiro atoms. The maximum atomic E-state index is 13.2. The molecule has 2 aromatic carbocycles. The quantitative estimate of drug-likeness (QED) is 0.528. The van der Waals surface area contributed by atoms with Crippen LogP contribution in [0.15, 0.2) is 53.7 Å². The number of rotatable bonds is 5. The molecule has 2 heterocycles. The van der Waals surface area contributed by atoms with Crippen molar-refractivity contribution in [3.05, 3.63) is 64.4 Å². The minimum Gasteiger partial charge on any atom is -0.497 e. The lowest BCUT2D eigenvalue weighted by Crippen LogP contribution is -2.49. The summed E-state index contributed by atoms with van der Waals surface area (Å²) in [4.78, 5) is 10.9. The second kappa shape index (κ2) is 9.23. The summed E-state index contributed by atoms with van der Waals surface area (Å²) in [6.07, 6.45) is 1.52. The second-order valence-electron chi connectivity index (χ2n) is 7.41. The van der Waals surface area contributed by atoms with Crippen LogP contribution in [0.3, 0.4) is 0 Å². The van der Waals surface area contributed by atoms with Gasteiger partial charge >= 0.3 is 0 Å². The number of piperazine rings is 1. The highest BCUT2D eigenvalue weighted by atomic mass is 35.5. The zero-order valence-corrected chi connectivity index (χ0v) is 20.0. The summed E-state index contributed by atoms with van der Waals surface area (Å²) in [5.41, 5.74) is 2.40. The third-order valence-electron chi connectivity index (χ3n) is 5.43. The van der Waals surface area contributed by atoms with Gasteiger partial charge in [-0.05, 0) is 48.9 Å². The molecule has 10 heteroatoms. The van der Waals surface area contributed by atoms with Crippen LogP contribution in [0.4, 0.5) is 5.82 Å². The Morgan fingerprint density at radius 1 is 0.938 bits per heavy atom. The maximum Gasteiger partial charge on any atom is 0.244 e. The monoisotopic (exact) mass is 492 g/mol. The fraction of sp³-hybridized carbons (Fsp3) is 0.273. The van der Waals surface area contributed by atoms with E-state index in [0.717, 1.165) is 22.8 Å². The first kappa shape index (κ1) is 22.8. The van der Waals surface area contributed by atoms with E-state index in [9.17, 15) is 8.42 Å². The molecule has 1 saturated heterocycles. The van der Waals surface area contributed by atoms with Crippen molar-refractivity contribution in [3.8, 4) is 17.0 Å². The van der Waals surface area contributed by atoms with E-state index in [2.05, 4.69) is 14.9 Å². The predicted molar refractivity (Wildman–Crippen MR) is 126 cm³/mol. The van der Waals surface area contributed by atoms with Crippen LogP contribution in [-0.4, -0.2) is 56.0 Å². The number of hydrogen-bond acceptors (Lipinski definition) is 6. The van der Waals surface area contributed by atoms with Crippen molar-refractivity contribution in [2.45, 2.75) is 11.8 Å². The molecule has 32 heavy (non-hydrogen) atoms. The van der Waals surface area contributed by atoms with Gasteiger partial charge in [0.2, 0.25) is 10.0 Å². The van der Waals surface area contributed by atoms with Gasteiger partial charge < -0.3 is 9.64 Å². The molecule has 0 atom stereocenters. The van der Waals surface area contributed by atoms with Gasteiger partial charge in [-0.25, -0.2) is 18.4 Å². The smallest absolute Gasteiger partial charge is 0.244 e. The molecule has 0 aliphatic carbocycles. The van der Waals surface area contributed by atoms with Crippen molar-refractivity contribution in [2.24, 2.45) is 0 Å². The molecule has 0 N–H and O–H groups in total. The van der Waals surface area contributed by atoms with E-state index >= 15 is 0 Å². The Bertz CT molecular complexity index is 1230. The summed E-state index contributed by atoms with van der Waals surface area (Å²) in [5.74, 6) is 1.53. The zero-order chi connectivity index (χ0) is 22.9.